The van der Waals surface area contributed by atoms with E-state index in [0.29, 0.717) is 5.82 Å². The Bertz CT molecular complexity index is 464. The summed E-state index contributed by atoms with van der Waals surface area (Å²) in [6.45, 7) is 0.765. The quantitative estimate of drug-likeness (QED) is 0.778. The van der Waals surface area contributed by atoms with E-state index in [4.69, 9.17) is 5.73 Å². The molecule has 2 aromatic rings. The fraction of sp³-hybridized carbons (Fsp3) is 0.300. The molecule has 0 saturated heterocycles. The van der Waals surface area contributed by atoms with Gasteiger partial charge >= 0.3 is 0 Å². The Morgan fingerprint density at radius 1 is 1.38 bits per heavy atom. The highest BCUT2D eigenvalue weighted by molar-refractivity contribution is 5.43. The maximum atomic E-state index is 5.54. The minimum absolute atomic E-state index is 0.467. The summed E-state index contributed by atoms with van der Waals surface area (Å²) in [6.07, 6.45) is 6.00. The molecule has 0 saturated carbocycles. The minimum atomic E-state index is 0.467. The van der Waals surface area contributed by atoms with Crippen molar-refractivity contribution < 1.29 is 0 Å². The van der Waals surface area contributed by atoms with Crippen molar-refractivity contribution in [3.8, 4) is 0 Å². The lowest BCUT2D eigenvalue weighted by Gasteiger charge is -2.05. The number of nitrogens with zero attached hydrogens (tertiary/aromatic N) is 4. The first-order valence-electron chi connectivity index (χ1n) is 5.03. The Morgan fingerprint density at radius 3 is 2.94 bits per heavy atom. The van der Waals surface area contributed by atoms with Crippen LogP contribution >= 0.6 is 0 Å². The van der Waals surface area contributed by atoms with Gasteiger partial charge in [0.25, 0.3) is 0 Å². The third kappa shape index (κ3) is 2.47. The maximum absolute atomic E-state index is 5.54. The smallest absolute Gasteiger partial charge is 0.131 e. The molecule has 0 aliphatic rings. The van der Waals surface area contributed by atoms with E-state index >= 15 is 0 Å². The predicted octanol–water partition coefficient (Wildman–Crippen LogP) is 0.447. The fourth-order valence-corrected chi connectivity index (χ4v) is 1.41. The van der Waals surface area contributed by atoms with E-state index in [1.54, 1.807) is 12.3 Å². The Kier molecular flexibility index (Phi) is 3.00. The van der Waals surface area contributed by atoms with Crippen LogP contribution in [-0.2, 0) is 13.5 Å². The number of anilines is 2. The second-order valence-corrected chi connectivity index (χ2v) is 3.46. The lowest BCUT2D eigenvalue weighted by molar-refractivity contribution is 0.788. The summed E-state index contributed by atoms with van der Waals surface area (Å²) in [5.41, 5.74) is 5.54. The molecule has 6 nitrogen and oxygen atoms in total. The number of imidazole rings is 1. The maximum Gasteiger partial charge on any atom is 0.131 e. The Hall–Kier alpha value is -2.11. The minimum Gasteiger partial charge on any atom is -0.384 e. The van der Waals surface area contributed by atoms with Crippen molar-refractivity contribution in [2.75, 3.05) is 17.6 Å². The third-order valence-corrected chi connectivity index (χ3v) is 2.26. The number of hydrogen-bond acceptors (Lipinski definition) is 5. The molecule has 0 bridgehead atoms. The van der Waals surface area contributed by atoms with Gasteiger partial charge in [-0.2, -0.15) is 0 Å². The fourth-order valence-electron chi connectivity index (χ4n) is 1.41. The number of rotatable bonds is 4. The number of hydrogen-bond donors (Lipinski definition) is 2. The normalized spacial score (nSPS) is 10.3. The van der Waals surface area contributed by atoms with Gasteiger partial charge in [0.15, 0.2) is 0 Å². The van der Waals surface area contributed by atoms with Crippen LogP contribution in [0, 0.1) is 0 Å². The van der Waals surface area contributed by atoms with E-state index in [0.717, 1.165) is 24.6 Å². The number of nitrogens with two attached hydrogens (primary N) is 1. The number of nitrogens with one attached hydrogen (secondary N) is 1. The molecule has 2 heterocycles. The lowest BCUT2D eigenvalue weighted by atomic mass is 10.4. The molecule has 0 amide bonds. The molecule has 6 heteroatoms. The van der Waals surface area contributed by atoms with Gasteiger partial charge in [0.1, 0.15) is 23.8 Å². The van der Waals surface area contributed by atoms with Gasteiger partial charge in [0.05, 0.1) is 0 Å². The Labute approximate surface area is 93.6 Å². The molecule has 0 aliphatic carbocycles. The number of aromatic nitrogens is 4. The summed E-state index contributed by atoms with van der Waals surface area (Å²) in [4.78, 5) is 12.1. The van der Waals surface area contributed by atoms with Crippen molar-refractivity contribution in [1.82, 2.24) is 19.5 Å². The van der Waals surface area contributed by atoms with Crippen LogP contribution in [-0.4, -0.2) is 26.1 Å². The van der Waals surface area contributed by atoms with E-state index in [9.17, 15) is 0 Å². The zero-order valence-electron chi connectivity index (χ0n) is 9.09. The molecular weight excluding hydrogens is 204 g/mol. The van der Waals surface area contributed by atoms with Gasteiger partial charge in [0, 0.05) is 38.5 Å². The summed E-state index contributed by atoms with van der Waals surface area (Å²) >= 11 is 0. The molecule has 0 radical (unpaired) electrons. The van der Waals surface area contributed by atoms with Gasteiger partial charge in [-0.25, -0.2) is 15.0 Å². The van der Waals surface area contributed by atoms with E-state index in [2.05, 4.69) is 20.3 Å². The standard InChI is InChI=1S/C10H14N6/c1-16-5-4-13-10(16)2-3-12-9-6-8(11)14-7-15-9/h4-7H,2-3H2,1H3,(H3,11,12,14,15). The van der Waals surface area contributed by atoms with Crippen LogP contribution in [0.5, 0.6) is 0 Å². The molecule has 0 aliphatic heterocycles. The largest absolute Gasteiger partial charge is 0.384 e. The highest BCUT2D eigenvalue weighted by atomic mass is 15.1. The van der Waals surface area contributed by atoms with Crippen molar-refractivity contribution in [2.24, 2.45) is 7.05 Å². The predicted molar refractivity (Wildman–Crippen MR) is 61.8 cm³/mol. The van der Waals surface area contributed by atoms with E-state index < -0.39 is 0 Å². The molecule has 2 aromatic heterocycles. The van der Waals surface area contributed by atoms with Gasteiger partial charge in [-0.15, -0.1) is 0 Å². The molecule has 0 unspecified atom stereocenters. The summed E-state index contributed by atoms with van der Waals surface area (Å²) in [5, 5.41) is 3.17. The lowest BCUT2D eigenvalue weighted by Crippen LogP contribution is -2.10. The SMILES string of the molecule is Cn1ccnc1CCNc1cc(N)ncn1. The van der Waals surface area contributed by atoms with Crippen LogP contribution in [0.4, 0.5) is 11.6 Å². The summed E-state index contributed by atoms with van der Waals surface area (Å²) in [7, 11) is 1.98. The molecule has 3 N–H and O–H groups in total. The van der Waals surface area contributed by atoms with E-state index in [1.807, 2.05) is 17.8 Å². The Morgan fingerprint density at radius 2 is 2.25 bits per heavy atom. The highest BCUT2D eigenvalue weighted by Gasteiger charge is 1.99. The van der Waals surface area contributed by atoms with Gasteiger partial charge in [-0.05, 0) is 0 Å². The van der Waals surface area contributed by atoms with E-state index in [-0.39, 0.29) is 0 Å². The van der Waals surface area contributed by atoms with E-state index in [1.165, 1.54) is 6.33 Å². The first-order chi connectivity index (χ1) is 7.75. The van der Waals surface area contributed by atoms with Gasteiger partial charge < -0.3 is 15.6 Å². The number of nitrogen functional groups attached to an aromatic ring is 1. The molecule has 0 fully saturated rings. The van der Waals surface area contributed by atoms with Crippen LogP contribution in [0.15, 0.2) is 24.8 Å². The Balaban J connectivity index is 1.87. The first kappa shape index (κ1) is 10.4. The topological polar surface area (TPSA) is 81.7 Å². The summed E-state index contributed by atoms with van der Waals surface area (Å²) < 4.78 is 2.00. The zero-order valence-corrected chi connectivity index (χ0v) is 9.09. The van der Waals surface area contributed by atoms with Crippen LogP contribution in [0.1, 0.15) is 5.82 Å². The molecule has 2 rings (SSSR count). The summed E-state index contributed by atoms with van der Waals surface area (Å²) in [5.74, 6) is 2.24. The van der Waals surface area contributed by atoms with Crippen molar-refractivity contribution >= 4 is 11.6 Å². The van der Waals surface area contributed by atoms with Crippen molar-refractivity contribution in [2.45, 2.75) is 6.42 Å². The van der Waals surface area contributed by atoms with Crippen molar-refractivity contribution in [3.05, 3.63) is 30.6 Å². The van der Waals surface area contributed by atoms with Gasteiger partial charge in [0.2, 0.25) is 0 Å². The molecule has 0 atom stereocenters. The van der Waals surface area contributed by atoms with Gasteiger partial charge in [-0.3, -0.25) is 0 Å². The highest BCUT2D eigenvalue weighted by Crippen LogP contribution is 2.04. The van der Waals surface area contributed by atoms with Crippen LogP contribution in [0.25, 0.3) is 0 Å². The number of aryl methyl sites for hydroxylation is 1. The van der Waals surface area contributed by atoms with Crippen molar-refractivity contribution in [1.29, 1.82) is 0 Å². The second kappa shape index (κ2) is 4.61. The molecule has 0 aromatic carbocycles. The second-order valence-electron chi connectivity index (χ2n) is 3.46. The van der Waals surface area contributed by atoms with Crippen LogP contribution in [0.2, 0.25) is 0 Å². The molecule has 16 heavy (non-hydrogen) atoms. The molecular formula is C10H14N6. The third-order valence-electron chi connectivity index (χ3n) is 2.26. The van der Waals surface area contributed by atoms with Gasteiger partial charge in [-0.1, -0.05) is 0 Å². The average molecular weight is 218 g/mol. The molecule has 84 valence electrons. The monoisotopic (exact) mass is 218 g/mol. The van der Waals surface area contributed by atoms with Crippen LogP contribution in [0.3, 0.4) is 0 Å². The zero-order chi connectivity index (χ0) is 11.4. The van der Waals surface area contributed by atoms with Crippen molar-refractivity contribution in [3.63, 3.8) is 0 Å². The summed E-state index contributed by atoms with van der Waals surface area (Å²) in [6, 6.07) is 1.71. The first-order valence-corrected chi connectivity index (χ1v) is 5.03. The molecule has 0 spiro atoms. The van der Waals surface area contributed by atoms with Crippen LogP contribution < -0.4 is 11.1 Å². The average Bonchev–Trinajstić information content (AvgIpc) is 2.65.